The lowest BCUT2D eigenvalue weighted by Gasteiger charge is -2.38. The van der Waals surface area contributed by atoms with Crippen LogP contribution in [0.2, 0.25) is 0 Å². The lowest BCUT2D eigenvalue weighted by Crippen LogP contribution is -2.35. The van der Waals surface area contributed by atoms with Crippen molar-refractivity contribution in [3.63, 3.8) is 0 Å². The topological polar surface area (TPSA) is 21.3 Å². The number of nitrogens with one attached hydrogen (secondary N) is 1. The molecule has 0 radical (unpaired) electrons. The molecule has 2 unspecified atom stereocenters. The molecule has 2 heteroatoms. The molecule has 2 rings (SSSR count). The van der Waals surface area contributed by atoms with Crippen molar-refractivity contribution < 1.29 is 4.74 Å². The summed E-state index contributed by atoms with van der Waals surface area (Å²) in [6, 6.07) is 6.51. The van der Waals surface area contributed by atoms with E-state index in [1.807, 2.05) is 0 Å². The molecule has 19 heavy (non-hydrogen) atoms. The Morgan fingerprint density at radius 3 is 2.63 bits per heavy atom. The van der Waals surface area contributed by atoms with Gasteiger partial charge >= 0.3 is 0 Å². The molecule has 1 N–H and O–H groups in total. The van der Waals surface area contributed by atoms with Crippen molar-refractivity contribution in [2.45, 2.75) is 39.5 Å². The van der Waals surface area contributed by atoms with Gasteiger partial charge in [-0.3, -0.25) is 0 Å². The Morgan fingerprint density at radius 1 is 1.32 bits per heavy atom. The van der Waals surface area contributed by atoms with E-state index in [1.165, 1.54) is 24.0 Å². The summed E-state index contributed by atoms with van der Waals surface area (Å²) in [5.41, 5.74) is 2.89. The van der Waals surface area contributed by atoms with Gasteiger partial charge in [-0.1, -0.05) is 19.9 Å². The molecule has 1 aliphatic rings. The van der Waals surface area contributed by atoms with E-state index in [2.05, 4.69) is 44.3 Å². The zero-order chi connectivity index (χ0) is 13.8. The Kier molecular flexibility index (Phi) is 4.87. The largest absolute Gasteiger partial charge is 0.497 e. The maximum atomic E-state index is 5.29. The van der Waals surface area contributed by atoms with Crippen molar-refractivity contribution in [3.8, 4) is 5.75 Å². The Balaban J connectivity index is 1.94. The van der Waals surface area contributed by atoms with Crippen LogP contribution < -0.4 is 10.1 Å². The molecule has 1 saturated carbocycles. The van der Waals surface area contributed by atoms with Crippen molar-refractivity contribution in [1.29, 1.82) is 0 Å². The summed E-state index contributed by atoms with van der Waals surface area (Å²) in [6.07, 6.45) is 2.70. The van der Waals surface area contributed by atoms with Gasteiger partial charge in [-0.15, -0.1) is 0 Å². The first kappa shape index (κ1) is 14.4. The number of benzene rings is 1. The molecule has 1 aromatic carbocycles. The minimum Gasteiger partial charge on any atom is -0.497 e. The molecule has 0 saturated heterocycles. The first-order valence-electron chi connectivity index (χ1n) is 7.47. The van der Waals surface area contributed by atoms with Crippen LogP contribution in [-0.2, 0) is 0 Å². The summed E-state index contributed by atoms with van der Waals surface area (Å²) in [5.74, 6) is 3.26. The highest BCUT2D eigenvalue weighted by Gasteiger charge is 2.32. The molecule has 2 nitrogen and oxygen atoms in total. The summed E-state index contributed by atoms with van der Waals surface area (Å²) < 4.78 is 5.29. The zero-order valence-corrected chi connectivity index (χ0v) is 12.7. The van der Waals surface area contributed by atoms with Crippen LogP contribution in [0.5, 0.6) is 5.75 Å². The highest BCUT2D eigenvalue weighted by Crippen LogP contribution is 2.43. The summed E-state index contributed by atoms with van der Waals surface area (Å²) in [6.45, 7) is 9.02. The molecule has 1 fully saturated rings. The third-order valence-electron chi connectivity index (χ3n) is 4.25. The molecule has 0 aliphatic heterocycles. The van der Waals surface area contributed by atoms with Gasteiger partial charge in [-0.2, -0.15) is 0 Å². The smallest absolute Gasteiger partial charge is 0.119 e. The minimum absolute atomic E-state index is 0.737. The van der Waals surface area contributed by atoms with Gasteiger partial charge in [0.15, 0.2) is 0 Å². The Morgan fingerprint density at radius 2 is 2.11 bits per heavy atom. The molecule has 106 valence electrons. The molecular weight excluding hydrogens is 234 g/mol. The quantitative estimate of drug-likeness (QED) is 0.842. The van der Waals surface area contributed by atoms with Gasteiger partial charge in [0.25, 0.3) is 0 Å². The predicted molar refractivity (Wildman–Crippen MR) is 80.9 cm³/mol. The van der Waals surface area contributed by atoms with Crippen LogP contribution in [-0.4, -0.2) is 20.2 Å². The molecule has 0 bridgehead atoms. The second kappa shape index (κ2) is 6.42. The van der Waals surface area contributed by atoms with E-state index in [9.17, 15) is 0 Å². The van der Waals surface area contributed by atoms with Crippen molar-refractivity contribution in [3.05, 3.63) is 29.3 Å². The fourth-order valence-electron chi connectivity index (χ4n) is 2.97. The monoisotopic (exact) mass is 261 g/mol. The Bertz CT molecular complexity index is 414. The lowest BCUT2D eigenvalue weighted by molar-refractivity contribution is 0.242. The van der Waals surface area contributed by atoms with E-state index in [0.717, 1.165) is 36.6 Å². The molecule has 2 atom stereocenters. The van der Waals surface area contributed by atoms with E-state index in [0.29, 0.717) is 0 Å². The number of ether oxygens (including phenoxy) is 1. The predicted octanol–water partition coefficient (Wildman–Crippen LogP) is 3.74. The summed E-state index contributed by atoms with van der Waals surface area (Å²) in [7, 11) is 1.73. The van der Waals surface area contributed by atoms with Crippen LogP contribution in [0.15, 0.2) is 18.2 Å². The molecule has 1 aliphatic carbocycles. The van der Waals surface area contributed by atoms with Gasteiger partial charge < -0.3 is 10.1 Å². The minimum atomic E-state index is 0.737. The fraction of sp³-hybridized carbons (Fsp3) is 0.647. The van der Waals surface area contributed by atoms with Crippen LogP contribution in [0.25, 0.3) is 0 Å². The average molecular weight is 261 g/mol. The van der Waals surface area contributed by atoms with Crippen LogP contribution >= 0.6 is 0 Å². The zero-order valence-electron chi connectivity index (χ0n) is 12.7. The number of aryl methyl sites for hydroxylation is 1. The SMILES string of the molecule is COc1ccc(C2CCC2CNCC(C)C)c(C)c1. The summed E-state index contributed by atoms with van der Waals surface area (Å²) in [5, 5.41) is 3.60. The standard InChI is InChI=1S/C17H27NO/c1-12(2)10-18-11-14-5-7-17(14)16-8-6-15(19-4)9-13(16)3/h6,8-9,12,14,17-18H,5,7,10-11H2,1-4H3. The molecule has 0 aromatic heterocycles. The number of rotatable bonds is 6. The molecule has 0 amide bonds. The van der Waals surface area contributed by atoms with Crippen molar-refractivity contribution in [1.82, 2.24) is 5.32 Å². The molecular formula is C17H27NO. The number of methoxy groups -OCH3 is 1. The van der Waals surface area contributed by atoms with Gasteiger partial charge in [0.2, 0.25) is 0 Å². The fourth-order valence-corrected chi connectivity index (χ4v) is 2.97. The molecule has 0 spiro atoms. The van der Waals surface area contributed by atoms with Gasteiger partial charge in [-0.25, -0.2) is 0 Å². The van der Waals surface area contributed by atoms with Crippen LogP contribution in [0, 0.1) is 18.8 Å². The second-order valence-corrected chi connectivity index (χ2v) is 6.22. The van der Waals surface area contributed by atoms with Gasteiger partial charge in [0, 0.05) is 0 Å². The third kappa shape index (κ3) is 3.50. The Labute approximate surface area is 117 Å². The first-order chi connectivity index (χ1) is 9.11. The first-order valence-corrected chi connectivity index (χ1v) is 7.47. The van der Waals surface area contributed by atoms with Gasteiger partial charge in [0.05, 0.1) is 7.11 Å². The molecule has 1 aromatic rings. The van der Waals surface area contributed by atoms with E-state index in [4.69, 9.17) is 4.74 Å². The van der Waals surface area contributed by atoms with E-state index in [1.54, 1.807) is 7.11 Å². The van der Waals surface area contributed by atoms with Crippen LogP contribution in [0.1, 0.15) is 43.7 Å². The highest BCUT2D eigenvalue weighted by molar-refractivity contribution is 5.38. The van der Waals surface area contributed by atoms with E-state index < -0.39 is 0 Å². The summed E-state index contributed by atoms with van der Waals surface area (Å²) >= 11 is 0. The van der Waals surface area contributed by atoms with Crippen molar-refractivity contribution >= 4 is 0 Å². The van der Waals surface area contributed by atoms with Gasteiger partial charge in [0.1, 0.15) is 5.75 Å². The Hall–Kier alpha value is -1.02. The normalized spacial score (nSPS) is 22.4. The van der Waals surface area contributed by atoms with Crippen molar-refractivity contribution in [2.24, 2.45) is 11.8 Å². The maximum absolute atomic E-state index is 5.29. The van der Waals surface area contributed by atoms with Crippen molar-refractivity contribution in [2.75, 3.05) is 20.2 Å². The average Bonchev–Trinajstić information content (AvgIpc) is 2.35. The van der Waals surface area contributed by atoms with Gasteiger partial charge in [-0.05, 0) is 73.9 Å². The van der Waals surface area contributed by atoms with E-state index >= 15 is 0 Å². The van der Waals surface area contributed by atoms with E-state index in [-0.39, 0.29) is 0 Å². The number of hydrogen-bond acceptors (Lipinski definition) is 2. The van der Waals surface area contributed by atoms with Crippen LogP contribution in [0.4, 0.5) is 0 Å². The third-order valence-corrected chi connectivity index (χ3v) is 4.25. The van der Waals surface area contributed by atoms with Crippen LogP contribution in [0.3, 0.4) is 0 Å². The maximum Gasteiger partial charge on any atom is 0.119 e. The molecule has 0 heterocycles. The summed E-state index contributed by atoms with van der Waals surface area (Å²) in [4.78, 5) is 0. The highest BCUT2D eigenvalue weighted by atomic mass is 16.5. The number of hydrogen-bond donors (Lipinski definition) is 1. The lowest BCUT2D eigenvalue weighted by atomic mass is 9.69. The second-order valence-electron chi connectivity index (χ2n) is 6.22.